The molecule has 0 bridgehead atoms. The largest absolute Gasteiger partial charge is 0.341 e. The van der Waals surface area contributed by atoms with Gasteiger partial charge in [-0.15, -0.1) is 0 Å². The van der Waals surface area contributed by atoms with Crippen molar-refractivity contribution in [2.75, 3.05) is 13.1 Å². The fourth-order valence-electron chi connectivity index (χ4n) is 2.05. The highest BCUT2D eigenvalue weighted by atomic mass is 16.2. The summed E-state index contributed by atoms with van der Waals surface area (Å²) in [5, 5.41) is 0. The SMILES string of the molecule is C=N[C@@H](Cc1cccnc1)C(=O)N(CCC)CCC. The Labute approximate surface area is 115 Å². The minimum Gasteiger partial charge on any atom is -0.341 e. The van der Waals surface area contributed by atoms with Gasteiger partial charge in [-0.1, -0.05) is 19.9 Å². The number of pyridine rings is 1. The van der Waals surface area contributed by atoms with Gasteiger partial charge in [-0.25, -0.2) is 0 Å². The van der Waals surface area contributed by atoms with E-state index in [1.165, 1.54) is 0 Å². The van der Waals surface area contributed by atoms with Gasteiger partial charge < -0.3 is 4.90 Å². The lowest BCUT2D eigenvalue weighted by Gasteiger charge is -2.24. The lowest BCUT2D eigenvalue weighted by atomic mass is 10.1. The van der Waals surface area contributed by atoms with E-state index in [1.54, 1.807) is 12.4 Å². The highest BCUT2D eigenvalue weighted by Gasteiger charge is 2.22. The van der Waals surface area contributed by atoms with Crippen molar-refractivity contribution in [2.45, 2.75) is 39.2 Å². The van der Waals surface area contributed by atoms with E-state index in [9.17, 15) is 4.79 Å². The summed E-state index contributed by atoms with van der Waals surface area (Å²) < 4.78 is 0. The second kappa shape index (κ2) is 8.40. The highest BCUT2D eigenvalue weighted by Crippen LogP contribution is 2.09. The van der Waals surface area contributed by atoms with Gasteiger partial charge in [-0.3, -0.25) is 14.8 Å². The topological polar surface area (TPSA) is 45.6 Å². The summed E-state index contributed by atoms with van der Waals surface area (Å²) >= 11 is 0. The predicted octanol–water partition coefficient (Wildman–Crippen LogP) is 2.34. The zero-order chi connectivity index (χ0) is 14.1. The van der Waals surface area contributed by atoms with Gasteiger partial charge in [0, 0.05) is 31.9 Å². The van der Waals surface area contributed by atoms with Crippen LogP contribution in [-0.4, -0.2) is 41.6 Å². The highest BCUT2D eigenvalue weighted by molar-refractivity contribution is 5.83. The van der Waals surface area contributed by atoms with Crippen LogP contribution in [0.25, 0.3) is 0 Å². The van der Waals surface area contributed by atoms with Crippen LogP contribution in [0.1, 0.15) is 32.3 Å². The first kappa shape index (κ1) is 15.3. The van der Waals surface area contributed by atoms with Gasteiger partial charge in [0.05, 0.1) is 0 Å². The molecule has 1 rings (SSSR count). The molecule has 0 fully saturated rings. The number of nitrogens with zero attached hydrogens (tertiary/aromatic N) is 3. The molecule has 0 spiro atoms. The Bertz CT molecular complexity index is 386. The van der Waals surface area contributed by atoms with Crippen molar-refractivity contribution < 1.29 is 4.79 Å². The standard InChI is InChI=1S/C15H23N3O/c1-4-9-18(10-5-2)15(19)14(16-3)11-13-7-6-8-17-12-13/h6-8,12,14H,3-5,9-11H2,1-2H3/t14-/m0/s1. The number of aliphatic imine (C=N–C) groups is 1. The maximum absolute atomic E-state index is 12.4. The van der Waals surface area contributed by atoms with E-state index in [0.717, 1.165) is 31.5 Å². The van der Waals surface area contributed by atoms with Crippen LogP contribution in [0.2, 0.25) is 0 Å². The summed E-state index contributed by atoms with van der Waals surface area (Å²) in [5.74, 6) is 0.0718. The Morgan fingerprint density at radius 1 is 1.42 bits per heavy atom. The molecule has 1 aromatic rings. The van der Waals surface area contributed by atoms with E-state index >= 15 is 0 Å². The fraction of sp³-hybridized carbons (Fsp3) is 0.533. The van der Waals surface area contributed by atoms with Crippen molar-refractivity contribution in [1.29, 1.82) is 0 Å². The van der Waals surface area contributed by atoms with Crippen molar-refractivity contribution in [3.8, 4) is 0 Å². The van der Waals surface area contributed by atoms with Gasteiger partial charge in [-0.05, 0) is 31.2 Å². The molecule has 0 N–H and O–H groups in total. The molecule has 0 radical (unpaired) electrons. The molecule has 0 saturated heterocycles. The average molecular weight is 261 g/mol. The van der Waals surface area contributed by atoms with Crippen LogP contribution in [0.5, 0.6) is 0 Å². The maximum atomic E-state index is 12.4. The molecule has 0 saturated carbocycles. The van der Waals surface area contributed by atoms with Crippen molar-refractivity contribution in [3.05, 3.63) is 30.1 Å². The number of rotatable bonds is 8. The zero-order valence-corrected chi connectivity index (χ0v) is 11.9. The molecule has 0 aliphatic carbocycles. The van der Waals surface area contributed by atoms with E-state index in [2.05, 4.69) is 30.5 Å². The van der Waals surface area contributed by atoms with Crippen LogP contribution in [0.4, 0.5) is 0 Å². The van der Waals surface area contributed by atoms with Crippen LogP contribution in [-0.2, 0) is 11.2 Å². The minimum absolute atomic E-state index is 0.0718. The Morgan fingerprint density at radius 3 is 2.58 bits per heavy atom. The summed E-state index contributed by atoms with van der Waals surface area (Å²) in [6, 6.07) is 3.43. The first-order chi connectivity index (χ1) is 9.22. The van der Waals surface area contributed by atoms with Gasteiger partial charge >= 0.3 is 0 Å². The van der Waals surface area contributed by atoms with Crippen LogP contribution in [0, 0.1) is 0 Å². The summed E-state index contributed by atoms with van der Waals surface area (Å²) in [5.41, 5.74) is 1.01. The quantitative estimate of drug-likeness (QED) is 0.674. The zero-order valence-electron chi connectivity index (χ0n) is 11.9. The summed E-state index contributed by atoms with van der Waals surface area (Å²) in [6.45, 7) is 9.28. The van der Waals surface area contributed by atoms with E-state index in [-0.39, 0.29) is 5.91 Å². The predicted molar refractivity (Wildman–Crippen MR) is 78.4 cm³/mol. The van der Waals surface area contributed by atoms with Crippen LogP contribution in [0.3, 0.4) is 0 Å². The van der Waals surface area contributed by atoms with Gasteiger partial charge in [0.1, 0.15) is 6.04 Å². The van der Waals surface area contributed by atoms with Crippen molar-refractivity contribution in [1.82, 2.24) is 9.88 Å². The first-order valence-corrected chi connectivity index (χ1v) is 6.86. The molecule has 4 nitrogen and oxygen atoms in total. The molecule has 0 aliphatic heterocycles. The van der Waals surface area contributed by atoms with E-state index in [4.69, 9.17) is 0 Å². The third kappa shape index (κ3) is 4.81. The monoisotopic (exact) mass is 261 g/mol. The summed E-state index contributed by atoms with van der Waals surface area (Å²) in [4.78, 5) is 22.4. The number of amides is 1. The molecule has 0 unspecified atom stereocenters. The summed E-state index contributed by atoms with van der Waals surface area (Å²) in [6.07, 6.45) is 5.99. The Balaban J connectivity index is 2.72. The number of hydrogen-bond acceptors (Lipinski definition) is 3. The molecule has 1 heterocycles. The van der Waals surface area contributed by atoms with Crippen molar-refractivity contribution in [2.24, 2.45) is 4.99 Å². The number of aromatic nitrogens is 1. The molecule has 19 heavy (non-hydrogen) atoms. The smallest absolute Gasteiger partial charge is 0.247 e. The van der Waals surface area contributed by atoms with Crippen molar-refractivity contribution in [3.63, 3.8) is 0 Å². The second-order valence-electron chi connectivity index (χ2n) is 4.59. The van der Waals surface area contributed by atoms with Gasteiger partial charge in [-0.2, -0.15) is 0 Å². The molecule has 4 heteroatoms. The van der Waals surface area contributed by atoms with Gasteiger partial charge in [0.25, 0.3) is 0 Å². The lowest BCUT2D eigenvalue weighted by Crippen LogP contribution is -2.40. The second-order valence-corrected chi connectivity index (χ2v) is 4.59. The molecule has 1 atom stereocenters. The first-order valence-electron chi connectivity index (χ1n) is 6.86. The van der Waals surface area contributed by atoms with Crippen LogP contribution >= 0.6 is 0 Å². The Kier molecular flexibility index (Phi) is 6.79. The number of carbonyl (C=O) groups is 1. The van der Waals surface area contributed by atoms with E-state index < -0.39 is 6.04 Å². The van der Waals surface area contributed by atoms with Crippen LogP contribution < -0.4 is 0 Å². The molecule has 1 amide bonds. The van der Waals surface area contributed by atoms with E-state index in [0.29, 0.717) is 6.42 Å². The minimum atomic E-state index is -0.401. The molecule has 0 aliphatic rings. The van der Waals surface area contributed by atoms with Crippen molar-refractivity contribution >= 4 is 12.6 Å². The number of carbonyl (C=O) groups excluding carboxylic acids is 1. The number of hydrogen-bond donors (Lipinski definition) is 0. The molecule has 104 valence electrons. The summed E-state index contributed by atoms with van der Waals surface area (Å²) in [7, 11) is 0. The Hall–Kier alpha value is -1.71. The average Bonchev–Trinajstić information content (AvgIpc) is 2.45. The Morgan fingerprint density at radius 2 is 2.11 bits per heavy atom. The molecule has 0 aromatic carbocycles. The van der Waals surface area contributed by atoms with E-state index in [1.807, 2.05) is 17.0 Å². The van der Waals surface area contributed by atoms with Gasteiger partial charge in [0.15, 0.2) is 0 Å². The van der Waals surface area contributed by atoms with Gasteiger partial charge in [0.2, 0.25) is 5.91 Å². The molecule has 1 aromatic heterocycles. The third-order valence-corrected chi connectivity index (χ3v) is 2.96. The molecular formula is C15H23N3O. The molecular weight excluding hydrogens is 238 g/mol. The normalized spacial score (nSPS) is 11.9. The lowest BCUT2D eigenvalue weighted by molar-refractivity contribution is -0.132. The van der Waals surface area contributed by atoms with Crippen LogP contribution in [0.15, 0.2) is 29.5 Å². The third-order valence-electron chi connectivity index (χ3n) is 2.96. The fourth-order valence-corrected chi connectivity index (χ4v) is 2.05. The maximum Gasteiger partial charge on any atom is 0.247 e.